The van der Waals surface area contributed by atoms with Crippen LogP contribution in [0.1, 0.15) is 36.8 Å². The number of aromatic nitrogens is 2. The van der Waals surface area contributed by atoms with E-state index >= 15 is 0 Å². The van der Waals surface area contributed by atoms with Gasteiger partial charge in [-0.1, -0.05) is 12.5 Å². The molecule has 1 aliphatic heterocycles. The van der Waals surface area contributed by atoms with E-state index in [1.165, 1.54) is 6.42 Å². The molecule has 2 bridgehead atoms. The number of benzene rings is 1. The summed E-state index contributed by atoms with van der Waals surface area (Å²) in [5.74, 6) is 1.12. The van der Waals surface area contributed by atoms with Crippen LogP contribution in [0.2, 0.25) is 0 Å². The highest BCUT2D eigenvalue weighted by molar-refractivity contribution is 5.71. The van der Waals surface area contributed by atoms with Gasteiger partial charge in [-0.25, -0.2) is 0 Å². The molecule has 2 fully saturated rings. The van der Waals surface area contributed by atoms with Gasteiger partial charge < -0.3 is 15.1 Å². The van der Waals surface area contributed by atoms with Gasteiger partial charge in [-0.2, -0.15) is 0 Å². The second kappa shape index (κ2) is 5.99. The number of anilines is 1. The zero-order valence-corrected chi connectivity index (χ0v) is 14.9. The smallest absolute Gasteiger partial charge is 0.151 e. The minimum atomic E-state index is 0.0368. The van der Waals surface area contributed by atoms with E-state index in [2.05, 4.69) is 15.1 Å². The van der Waals surface area contributed by atoms with Crippen molar-refractivity contribution < 1.29 is 10.2 Å². The maximum atomic E-state index is 10.3. The molecule has 1 saturated carbocycles. The van der Waals surface area contributed by atoms with Gasteiger partial charge in [0.2, 0.25) is 0 Å². The van der Waals surface area contributed by atoms with Crippen molar-refractivity contribution in [3.63, 3.8) is 0 Å². The Balaban J connectivity index is 1.63. The molecule has 0 spiro atoms. The molecule has 1 aliphatic carbocycles. The molecule has 5 nitrogen and oxygen atoms in total. The van der Waals surface area contributed by atoms with E-state index in [4.69, 9.17) is 0 Å². The molecule has 5 heteroatoms. The standard InChI is InChI=1S/C20H25N3O2/c1-13-8-14(2)19(17(25)9-13)16-5-6-18(22-21-16)23-11-20(12-24)7-3-4-15(23)10-20/h5-6,8-9,15,24-25H,3-4,7,10-12H2,1-2H3/t15-,20-/m0/s1. The summed E-state index contributed by atoms with van der Waals surface area (Å²) in [6.07, 6.45) is 4.47. The topological polar surface area (TPSA) is 69.5 Å². The predicted molar refractivity (Wildman–Crippen MR) is 97.7 cm³/mol. The summed E-state index contributed by atoms with van der Waals surface area (Å²) < 4.78 is 0. The lowest BCUT2D eigenvalue weighted by molar-refractivity contribution is 0.116. The van der Waals surface area contributed by atoms with Gasteiger partial charge in [-0.3, -0.25) is 0 Å². The van der Waals surface area contributed by atoms with Gasteiger partial charge >= 0.3 is 0 Å². The maximum absolute atomic E-state index is 10.3. The van der Waals surface area contributed by atoms with Crippen LogP contribution in [-0.4, -0.2) is 39.6 Å². The van der Waals surface area contributed by atoms with Gasteiger partial charge in [0.1, 0.15) is 5.75 Å². The van der Waals surface area contributed by atoms with Crippen LogP contribution in [0.15, 0.2) is 24.3 Å². The summed E-state index contributed by atoms with van der Waals surface area (Å²) in [4.78, 5) is 2.31. The maximum Gasteiger partial charge on any atom is 0.151 e. The quantitative estimate of drug-likeness (QED) is 0.899. The lowest BCUT2D eigenvalue weighted by atomic mass is 9.76. The molecular formula is C20H25N3O2. The van der Waals surface area contributed by atoms with E-state index in [1.54, 1.807) is 6.07 Å². The molecule has 2 heterocycles. The highest BCUT2D eigenvalue weighted by atomic mass is 16.3. The third-order valence-corrected chi connectivity index (χ3v) is 5.85. The number of rotatable bonds is 3. The predicted octanol–water partition coefficient (Wildman–Crippen LogP) is 3.21. The minimum Gasteiger partial charge on any atom is -0.507 e. The summed E-state index contributed by atoms with van der Waals surface area (Å²) in [6, 6.07) is 8.18. The van der Waals surface area contributed by atoms with Gasteiger partial charge in [-0.15, -0.1) is 10.2 Å². The van der Waals surface area contributed by atoms with Crippen molar-refractivity contribution in [2.24, 2.45) is 5.41 Å². The second-order valence-electron chi connectivity index (χ2n) is 7.79. The van der Waals surface area contributed by atoms with Crippen LogP contribution < -0.4 is 4.90 Å². The van der Waals surface area contributed by atoms with E-state index in [1.807, 2.05) is 32.0 Å². The van der Waals surface area contributed by atoms with E-state index in [0.717, 1.165) is 48.3 Å². The number of nitrogens with zero attached hydrogens (tertiary/aromatic N) is 3. The number of aliphatic hydroxyl groups is 1. The normalized spacial score (nSPS) is 25.4. The number of aryl methyl sites for hydroxylation is 2. The van der Waals surface area contributed by atoms with E-state index in [-0.39, 0.29) is 17.8 Å². The number of phenols is 1. The number of fused-ring (bicyclic) bond motifs is 2. The van der Waals surface area contributed by atoms with Crippen LogP contribution in [0.25, 0.3) is 11.3 Å². The van der Waals surface area contributed by atoms with Crippen molar-refractivity contribution in [2.45, 2.75) is 45.6 Å². The van der Waals surface area contributed by atoms with Crippen LogP contribution in [0.3, 0.4) is 0 Å². The fourth-order valence-electron chi connectivity index (χ4n) is 4.67. The number of aliphatic hydroxyl groups excluding tert-OH is 1. The van der Waals surface area contributed by atoms with Gasteiger partial charge in [0, 0.05) is 23.6 Å². The molecule has 0 amide bonds. The number of hydrogen-bond donors (Lipinski definition) is 2. The van der Waals surface area contributed by atoms with Crippen molar-refractivity contribution in [3.8, 4) is 17.0 Å². The summed E-state index contributed by atoms with van der Waals surface area (Å²) in [5, 5.41) is 29.0. The molecule has 0 unspecified atom stereocenters. The van der Waals surface area contributed by atoms with Crippen molar-refractivity contribution in [2.75, 3.05) is 18.1 Å². The molecule has 1 aromatic carbocycles. The number of hydrogen-bond acceptors (Lipinski definition) is 5. The third kappa shape index (κ3) is 2.76. The molecule has 2 aromatic rings. The average molecular weight is 339 g/mol. The highest BCUT2D eigenvalue weighted by Crippen LogP contribution is 2.46. The number of aromatic hydroxyl groups is 1. The van der Waals surface area contributed by atoms with E-state index in [0.29, 0.717) is 11.7 Å². The van der Waals surface area contributed by atoms with Crippen molar-refractivity contribution in [1.29, 1.82) is 0 Å². The largest absolute Gasteiger partial charge is 0.507 e. The monoisotopic (exact) mass is 339 g/mol. The average Bonchev–Trinajstić information content (AvgIpc) is 2.86. The Labute approximate surface area is 148 Å². The summed E-state index contributed by atoms with van der Waals surface area (Å²) in [5.41, 5.74) is 3.50. The SMILES string of the molecule is Cc1cc(C)c(-c2ccc(N3C[C@]4(CO)CCC[C@H]3C4)nn2)c(O)c1. The first-order valence-corrected chi connectivity index (χ1v) is 9.03. The Hall–Kier alpha value is -2.14. The Kier molecular flexibility index (Phi) is 3.91. The first kappa shape index (κ1) is 16.3. The molecule has 25 heavy (non-hydrogen) atoms. The van der Waals surface area contributed by atoms with Crippen LogP contribution in [0, 0.1) is 19.3 Å². The van der Waals surface area contributed by atoms with E-state index in [9.17, 15) is 10.2 Å². The molecule has 1 aromatic heterocycles. The Morgan fingerprint density at radius 3 is 2.72 bits per heavy atom. The zero-order chi connectivity index (χ0) is 17.6. The van der Waals surface area contributed by atoms with Crippen LogP contribution in [0.4, 0.5) is 5.82 Å². The minimum absolute atomic E-state index is 0.0368. The summed E-state index contributed by atoms with van der Waals surface area (Å²) in [7, 11) is 0. The first-order valence-electron chi connectivity index (χ1n) is 9.03. The highest BCUT2D eigenvalue weighted by Gasteiger charge is 2.46. The van der Waals surface area contributed by atoms with Crippen LogP contribution >= 0.6 is 0 Å². The van der Waals surface area contributed by atoms with E-state index < -0.39 is 0 Å². The lowest BCUT2D eigenvalue weighted by Crippen LogP contribution is -2.30. The lowest BCUT2D eigenvalue weighted by Gasteiger charge is -2.28. The van der Waals surface area contributed by atoms with Crippen molar-refractivity contribution in [1.82, 2.24) is 10.2 Å². The van der Waals surface area contributed by atoms with Crippen LogP contribution in [0.5, 0.6) is 5.75 Å². The van der Waals surface area contributed by atoms with Crippen LogP contribution in [-0.2, 0) is 0 Å². The summed E-state index contributed by atoms with van der Waals surface area (Å²) >= 11 is 0. The molecule has 4 rings (SSSR count). The Morgan fingerprint density at radius 1 is 1.24 bits per heavy atom. The van der Waals surface area contributed by atoms with Gasteiger partial charge in [0.05, 0.1) is 12.3 Å². The van der Waals surface area contributed by atoms with Gasteiger partial charge in [0.25, 0.3) is 0 Å². The van der Waals surface area contributed by atoms with Gasteiger partial charge in [0.15, 0.2) is 5.82 Å². The van der Waals surface area contributed by atoms with Crippen molar-refractivity contribution in [3.05, 3.63) is 35.4 Å². The molecule has 0 radical (unpaired) electrons. The Morgan fingerprint density at radius 2 is 2.08 bits per heavy atom. The number of phenolic OH excluding ortho intramolecular Hbond substituents is 1. The fraction of sp³-hybridized carbons (Fsp3) is 0.500. The second-order valence-corrected chi connectivity index (χ2v) is 7.79. The third-order valence-electron chi connectivity index (χ3n) is 5.85. The summed E-state index contributed by atoms with van der Waals surface area (Å²) in [6.45, 7) is 5.05. The molecule has 132 valence electrons. The molecule has 2 N–H and O–H groups in total. The first-order chi connectivity index (χ1) is 12.0. The van der Waals surface area contributed by atoms with Gasteiger partial charge in [-0.05, 0) is 62.4 Å². The molecule has 2 aliphatic rings. The zero-order valence-electron chi connectivity index (χ0n) is 14.9. The fourth-order valence-corrected chi connectivity index (χ4v) is 4.67. The molecule has 2 atom stereocenters. The Bertz CT molecular complexity index is 767. The molecular weight excluding hydrogens is 314 g/mol. The molecule has 1 saturated heterocycles. The van der Waals surface area contributed by atoms with Crippen molar-refractivity contribution >= 4 is 5.82 Å².